The van der Waals surface area contributed by atoms with Gasteiger partial charge < -0.3 is 10.0 Å². The molecule has 0 saturated carbocycles. The molecule has 126 valence electrons. The van der Waals surface area contributed by atoms with Crippen LogP contribution in [0.1, 0.15) is 27.4 Å². The summed E-state index contributed by atoms with van der Waals surface area (Å²) in [4.78, 5) is 27.0. The van der Waals surface area contributed by atoms with Gasteiger partial charge in [-0.05, 0) is 49.1 Å². The molecule has 0 spiro atoms. The Bertz CT molecular complexity index is 761. The average molecular weight is 347 g/mol. The topological polar surface area (TPSA) is 57.6 Å². The van der Waals surface area contributed by atoms with Gasteiger partial charge >= 0.3 is 5.97 Å². The van der Waals surface area contributed by atoms with E-state index in [2.05, 4.69) is 0 Å². The summed E-state index contributed by atoms with van der Waals surface area (Å²) in [6.45, 7) is 2.88. The molecule has 1 aromatic carbocycles. The summed E-state index contributed by atoms with van der Waals surface area (Å²) < 4.78 is 13.1. The van der Waals surface area contributed by atoms with Crippen LogP contribution in [-0.2, 0) is 4.79 Å². The second kappa shape index (κ2) is 6.73. The van der Waals surface area contributed by atoms with Gasteiger partial charge in [-0.2, -0.15) is 0 Å². The van der Waals surface area contributed by atoms with Gasteiger partial charge in [0.05, 0.1) is 10.8 Å². The lowest BCUT2D eigenvalue weighted by Gasteiger charge is -2.29. The fraction of sp³-hybridized carbons (Fsp3) is 0.333. The molecule has 2 aromatic rings. The third kappa shape index (κ3) is 3.33. The number of hydrogen-bond acceptors (Lipinski definition) is 3. The fourth-order valence-electron chi connectivity index (χ4n) is 2.99. The van der Waals surface area contributed by atoms with E-state index < -0.39 is 5.97 Å². The van der Waals surface area contributed by atoms with Crippen LogP contribution in [0.4, 0.5) is 4.39 Å². The summed E-state index contributed by atoms with van der Waals surface area (Å²) in [7, 11) is 0. The summed E-state index contributed by atoms with van der Waals surface area (Å²) in [6.07, 6.45) is 0.993. The first kappa shape index (κ1) is 16.6. The van der Waals surface area contributed by atoms with E-state index in [-0.39, 0.29) is 17.6 Å². The highest BCUT2D eigenvalue weighted by Gasteiger charge is 2.28. The van der Waals surface area contributed by atoms with Crippen LogP contribution in [0, 0.1) is 18.7 Å². The number of rotatable bonds is 3. The van der Waals surface area contributed by atoms with E-state index >= 15 is 0 Å². The number of aryl methyl sites for hydroxylation is 1. The van der Waals surface area contributed by atoms with E-state index in [4.69, 9.17) is 5.11 Å². The second-order valence-corrected chi connectivity index (χ2v) is 7.25. The molecule has 0 radical (unpaired) electrons. The Hall–Kier alpha value is -2.21. The molecule has 1 aliphatic heterocycles. The van der Waals surface area contributed by atoms with Crippen molar-refractivity contribution in [3.05, 3.63) is 45.9 Å². The van der Waals surface area contributed by atoms with Crippen molar-refractivity contribution in [1.82, 2.24) is 4.90 Å². The van der Waals surface area contributed by atoms with Crippen molar-refractivity contribution in [2.45, 2.75) is 19.8 Å². The first-order chi connectivity index (χ1) is 11.5. The lowest BCUT2D eigenvalue weighted by atomic mass is 9.97. The molecule has 1 fully saturated rings. The molecule has 2 heterocycles. The largest absolute Gasteiger partial charge is 0.481 e. The van der Waals surface area contributed by atoms with Crippen molar-refractivity contribution in [3.8, 4) is 11.1 Å². The van der Waals surface area contributed by atoms with Crippen molar-refractivity contribution in [2.24, 2.45) is 5.92 Å². The number of carbonyl (C=O) groups excluding carboxylic acids is 1. The van der Waals surface area contributed by atoms with Gasteiger partial charge in [0, 0.05) is 18.0 Å². The number of thiophene rings is 1. The standard InChI is InChI=1S/C18H18FNO3S/c1-11-15(12-2-4-14(19)5-3-12)10-16(24-11)17(21)20-8-6-13(7-9-20)18(22)23/h2-5,10,13H,6-9H2,1H3,(H,22,23). The van der Waals surface area contributed by atoms with E-state index in [1.807, 2.05) is 13.0 Å². The van der Waals surface area contributed by atoms with Crippen LogP contribution in [0.2, 0.25) is 0 Å². The van der Waals surface area contributed by atoms with Crippen molar-refractivity contribution in [1.29, 1.82) is 0 Å². The number of halogens is 1. The molecule has 0 aliphatic carbocycles. The number of likely N-dealkylation sites (tertiary alicyclic amines) is 1. The number of carboxylic acid groups (broad SMARTS) is 1. The zero-order chi connectivity index (χ0) is 17.3. The maximum atomic E-state index is 13.1. The van der Waals surface area contributed by atoms with Gasteiger partial charge in [0.25, 0.3) is 5.91 Å². The van der Waals surface area contributed by atoms with Gasteiger partial charge in [0.1, 0.15) is 5.82 Å². The van der Waals surface area contributed by atoms with Crippen LogP contribution in [0.3, 0.4) is 0 Å². The average Bonchev–Trinajstić information content (AvgIpc) is 2.97. The molecular weight excluding hydrogens is 329 g/mol. The first-order valence-corrected chi connectivity index (χ1v) is 8.66. The molecule has 0 atom stereocenters. The molecule has 0 unspecified atom stereocenters. The summed E-state index contributed by atoms with van der Waals surface area (Å²) >= 11 is 1.42. The van der Waals surface area contributed by atoms with Crippen molar-refractivity contribution in [2.75, 3.05) is 13.1 Å². The highest BCUT2D eigenvalue weighted by Crippen LogP contribution is 2.32. The molecule has 1 amide bonds. The minimum Gasteiger partial charge on any atom is -0.481 e. The minimum absolute atomic E-state index is 0.0553. The number of piperidine rings is 1. The number of benzene rings is 1. The Balaban J connectivity index is 1.76. The van der Waals surface area contributed by atoms with E-state index in [1.54, 1.807) is 17.0 Å². The van der Waals surface area contributed by atoms with Crippen LogP contribution in [0.25, 0.3) is 11.1 Å². The third-order valence-electron chi connectivity index (χ3n) is 4.42. The zero-order valence-electron chi connectivity index (χ0n) is 13.3. The number of carbonyl (C=O) groups is 2. The van der Waals surface area contributed by atoms with Gasteiger partial charge in [0.15, 0.2) is 0 Å². The van der Waals surface area contributed by atoms with Crippen LogP contribution < -0.4 is 0 Å². The van der Waals surface area contributed by atoms with Crippen LogP contribution >= 0.6 is 11.3 Å². The molecule has 0 bridgehead atoms. The monoisotopic (exact) mass is 347 g/mol. The van der Waals surface area contributed by atoms with Crippen molar-refractivity contribution >= 4 is 23.2 Å². The third-order valence-corrected chi connectivity index (χ3v) is 5.45. The summed E-state index contributed by atoms with van der Waals surface area (Å²) in [5.41, 5.74) is 1.82. The molecule has 1 aromatic heterocycles. The molecular formula is C18H18FNO3S. The fourth-order valence-corrected chi connectivity index (χ4v) is 4.00. The number of hydrogen-bond donors (Lipinski definition) is 1. The molecule has 1 aliphatic rings. The predicted octanol–water partition coefficient (Wildman–Crippen LogP) is 3.80. The number of nitrogens with zero attached hydrogens (tertiary/aromatic N) is 1. The SMILES string of the molecule is Cc1sc(C(=O)N2CCC(C(=O)O)CC2)cc1-c1ccc(F)cc1. The summed E-state index contributed by atoms with van der Waals surface area (Å²) in [5.74, 6) is -1.48. The Morgan fingerprint density at radius 3 is 2.42 bits per heavy atom. The zero-order valence-corrected chi connectivity index (χ0v) is 14.1. The number of amides is 1. The van der Waals surface area contributed by atoms with E-state index in [0.29, 0.717) is 30.8 Å². The molecule has 3 rings (SSSR count). The van der Waals surface area contributed by atoms with Gasteiger partial charge in [-0.3, -0.25) is 9.59 Å². The normalized spacial score (nSPS) is 15.5. The van der Waals surface area contributed by atoms with E-state index in [9.17, 15) is 14.0 Å². The summed E-state index contributed by atoms with van der Waals surface area (Å²) in [5, 5.41) is 9.04. The highest BCUT2D eigenvalue weighted by atomic mass is 32.1. The summed E-state index contributed by atoms with van der Waals surface area (Å²) in [6, 6.07) is 8.07. The Morgan fingerprint density at radius 2 is 1.83 bits per heavy atom. The van der Waals surface area contributed by atoms with E-state index in [0.717, 1.165) is 16.0 Å². The van der Waals surface area contributed by atoms with Crippen molar-refractivity contribution in [3.63, 3.8) is 0 Å². The van der Waals surface area contributed by atoms with E-state index in [1.165, 1.54) is 23.5 Å². The Labute approximate surface area is 143 Å². The number of carboxylic acids is 1. The predicted molar refractivity (Wildman–Crippen MR) is 90.7 cm³/mol. The van der Waals surface area contributed by atoms with Gasteiger partial charge in [-0.1, -0.05) is 12.1 Å². The van der Waals surface area contributed by atoms with Crippen LogP contribution in [0.5, 0.6) is 0 Å². The molecule has 1 saturated heterocycles. The smallest absolute Gasteiger partial charge is 0.306 e. The molecule has 4 nitrogen and oxygen atoms in total. The van der Waals surface area contributed by atoms with Crippen LogP contribution in [0.15, 0.2) is 30.3 Å². The second-order valence-electron chi connectivity index (χ2n) is 5.99. The Morgan fingerprint density at radius 1 is 1.21 bits per heavy atom. The van der Waals surface area contributed by atoms with Gasteiger partial charge in [0.2, 0.25) is 0 Å². The van der Waals surface area contributed by atoms with Crippen LogP contribution in [-0.4, -0.2) is 35.0 Å². The van der Waals surface area contributed by atoms with Crippen molar-refractivity contribution < 1.29 is 19.1 Å². The van der Waals surface area contributed by atoms with Gasteiger partial charge in [-0.15, -0.1) is 11.3 Å². The Kier molecular flexibility index (Phi) is 4.66. The molecule has 6 heteroatoms. The lowest BCUT2D eigenvalue weighted by molar-refractivity contribution is -0.143. The molecule has 1 N–H and O–H groups in total. The lowest BCUT2D eigenvalue weighted by Crippen LogP contribution is -2.39. The maximum Gasteiger partial charge on any atom is 0.306 e. The van der Waals surface area contributed by atoms with Gasteiger partial charge in [-0.25, -0.2) is 4.39 Å². The minimum atomic E-state index is -0.785. The maximum absolute atomic E-state index is 13.1. The highest BCUT2D eigenvalue weighted by molar-refractivity contribution is 7.14. The molecule has 24 heavy (non-hydrogen) atoms. The number of aliphatic carboxylic acids is 1. The quantitative estimate of drug-likeness (QED) is 0.919. The first-order valence-electron chi connectivity index (χ1n) is 7.84.